The first-order valence-electron chi connectivity index (χ1n) is 9.89. The first-order valence-corrected chi connectivity index (χ1v) is 9.89. The van der Waals surface area contributed by atoms with Crippen LogP contribution < -0.4 is 15.8 Å². The fourth-order valence-electron chi connectivity index (χ4n) is 3.31. The molecule has 2 aromatic carbocycles. The van der Waals surface area contributed by atoms with Crippen molar-refractivity contribution >= 4 is 18.3 Å². The van der Waals surface area contributed by atoms with E-state index in [1.165, 1.54) is 5.56 Å². The standard InChI is InChI=1S/C23H30N2O3.ClH/c1-17-3-5-20(6-4-17)16-28-21-9-7-19(8-10-21)15-18(2)25-22(26)23(24)11-13-27-14-12-23;/h3-10,18H,11-16,24H2,1-2H3,(H,25,26);1H. The van der Waals surface area contributed by atoms with Gasteiger partial charge in [-0.15, -0.1) is 12.4 Å². The van der Waals surface area contributed by atoms with Crippen molar-refractivity contribution in [3.8, 4) is 5.75 Å². The number of nitrogens with one attached hydrogen (secondary N) is 1. The Morgan fingerprint density at radius 1 is 1.10 bits per heavy atom. The molecule has 1 aliphatic rings. The van der Waals surface area contributed by atoms with Gasteiger partial charge in [0.25, 0.3) is 0 Å². The molecular weight excluding hydrogens is 388 g/mol. The number of halogens is 1. The summed E-state index contributed by atoms with van der Waals surface area (Å²) in [7, 11) is 0. The molecule has 3 N–H and O–H groups in total. The third kappa shape index (κ3) is 6.74. The van der Waals surface area contributed by atoms with Gasteiger partial charge >= 0.3 is 0 Å². The van der Waals surface area contributed by atoms with Crippen LogP contribution in [0, 0.1) is 6.92 Å². The van der Waals surface area contributed by atoms with Crippen LogP contribution >= 0.6 is 12.4 Å². The zero-order chi connectivity index (χ0) is 20.0. The van der Waals surface area contributed by atoms with Crippen LogP contribution in [0.1, 0.15) is 36.5 Å². The summed E-state index contributed by atoms with van der Waals surface area (Å²) in [6.45, 7) is 5.71. The summed E-state index contributed by atoms with van der Waals surface area (Å²) in [6.07, 6.45) is 1.88. The minimum Gasteiger partial charge on any atom is -0.489 e. The van der Waals surface area contributed by atoms with E-state index in [2.05, 4.69) is 36.5 Å². The van der Waals surface area contributed by atoms with Gasteiger partial charge in [0.05, 0.1) is 5.54 Å². The van der Waals surface area contributed by atoms with Gasteiger partial charge in [0, 0.05) is 19.3 Å². The number of carbonyl (C=O) groups is 1. The Bertz CT molecular complexity index is 772. The summed E-state index contributed by atoms with van der Waals surface area (Å²) in [5, 5.41) is 3.05. The van der Waals surface area contributed by atoms with Gasteiger partial charge in [0.15, 0.2) is 0 Å². The van der Waals surface area contributed by atoms with Gasteiger partial charge in [-0.1, -0.05) is 42.0 Å². The summed E-state index contributed by atoms with van der Waals surface area (Å²) in [4.78, 5) is 12.5. The molecule has 0 bridgehead atoms. The summed E-state index contributed by atoms with van der Waals surface area (Å²) in [5.41, 5.74) is 8.98. The van der Waals surface area contributed by atoms with E-state index in [4.69, 9.17) is 15.2 Å². The van der Waals surface area contributed by atoms with Gasteiger partial charge in [0.2, 0.25) is 5.91 Å². The highest BCUT2D eigenvalue weighted by atomic mass is 35.5. The van der Waals surface area contributed by atoms with Crippen molar-refractivity contribution in [3.05, 3.63) is 65.2 Å². The van der Waals surface area contributed by atoms with E-state index in [9.17, 15) is 4.79 Å². The minimum absolute atomic E-state index is 0. The van der Waals surface area contributed by atoms with Crippen LogP contribution in [0.5, 0.6) is 5.75 Å². The van der Waals surface area contributed by atoms with Gasteiger partial charge in [-0.2, -0.15) is 0 Å². The first-order chi connectivity index (χ1) is 13.4. The monoisotopic (exact) mass is 418 g/mol. The van der Waals surface area contributed by atoms with Crippen molar-refractivity contribution in [2.45, 2.75) is 51.3 Å². The first kappa shape index (κ1) is 23.2. The van der Waals surface area contributed by atoms with E-state index < -0.39 is 5.54 Å². The van der Waals surface area contributed by atoms with Crippen molar-refractivity contribution in [1.29, 1.82) is 0 Å². The summed E-state index contributed by atoms with van der Waals surface area (Å²) >= 11 is 0. The average molecular weight is 419 g/mol. The third-order valence-corrected chi connectivity index (χ3v) is 5.21. The van der Waals surface area contributed by atoms with Gasteiger partial charge in [-0.3, -0.25) is 4.79 Å². The number of ether oxygens (including phenoxy) is 2. The number of rotatable bonds is 7. The molecule has 1 amide bonds. The Hall–Kier alpha value is -2.08. The number of hydrogen-bond donors (Lipinski definition) is 2. The molecule has 0 radical (unpaired) electrons. The number of benzene rings is 2. The second kappa shape index (κ2) is 10.6. The van der Waals surface area contributed by atoms with Crippen LogP contribution in [-0.2, 0) is 22.6 Å². The fourth-order valence-corrected chi connectivity index (χ4v) is 3.31. The molecule has 1 atom stereocenters. The lowest BCUT2D eigenvalue weighted by Crippen LogP contribution is -2.58. The van der Waals surface area contributed by atoms with E-state index in [1.54, 1.807) is 0 Å². The molecule has 0 saturated carbocycles. The predicted molar refractivity (Wildman–Crippen MR) is 117 cm³/mol. The molecule has 6 heteroatoms. The minimum atomic E-state index is -0.805. The Labute approximate surface area is 179 Å². The van der Waals surface area contributed by atoms with Gasteiger partial charge in [-0.05, 0) is 56.4 Å². The SMILES string of the molecule is Cc1ccc(COc2ccc(CC(C)NC(=O)C3(N)CCOCC3)cc2)cc1.Cl. The lowest BCUT2D eigenvalue weighted by molar-refractivity contribution is -0.130. The lowest BCUT2D eigenvalue weighted by Gasteiger charge is -2.33. The molecule has 1 heterocycles. The molecule has 1 unspecified atom stereocenters. The van der Waals surface area contributed by atoms with E-state index in [-0.39, 0.29) is 24.4 Å². The summed E-state index contributed by atoms with van der Waals surface area (Å²) in [6, 6.07) is 16.4. The highest BCUT2D eigenvalue weighted by Crippen LogP contribution is 2.19. The molecule has 158 valence electrons. The number of hydrogen-bond acceptors (Lipinski definition) is 4. The second-order valence-corrected chi connectivity index (χ2v) is 7.77. The topological polar surface area (TPSA) is 73.6 Å². The van der Waals surface area contributed by atoms with E-state index in [1.807, 2.05) is 31.2 Å². The number of carbonyl (C=O) groups excluding carboxylic acids is 1. The Morgan fingerprint density at radius 3 is 2.31 bits per heavy atom. The fraction of sp³-hybridized carbons (Fsp3) is 0.435. The van der Waals surface area contributed by atoms with Crippen LogP contribution in [0.25, 0.3) is 0 Å². The van der Waals surface area contributed by atoms with E-state index >= 15 is 0 Å². The molecular formula is C23H31ClN2O3. The normalized spacial score (nSPS) is 16.4. The summed E-state index contributed by atoms with van der Waals surface area (Å²) in [5.74, 6) is 0.755. The number of aryl methyl sites for hydroxylation is 1. The summed E-state index contributed by atoms with van der Waals surface area (Å²) < 4.78 is 11.2. The van der Waals surface area contributed by atoms with Gasteiger partial charge in [0.1, 0.15) is 12.4 Å². The second-order valence-electron chi connectivity index (χ2n) is 7.77. The molecule has 29 heavy (non-hydrogen) atoms. The Balaban J connectivity index is 0.00000300. The molecule has 1 fully saturated rings. The molecule has 1 saturated heterocycles. The highest BCUT2D eigenvalue weighted by Gasteiger charge is 2.36. The Kier molecular flexibility index (Phi) is 8.50. The van der Waals surface area contributed by atoms with Crippen molar-refractivity contribution < 1.29 is 14.3 Å². The maximum Gasteiger partial charge on any atom is 0.240 e. The predicted octanol–water partition coefficient (Wildman–Crippen LogP) is 3.55. The van der Waals surface area contributed by atoms with Crippen LogP contribution in [-0.4, -0.2) is 30.7 Å². The van der Waals surface area contributed by atoms with Gasteiger partial charge in [-0.25, -0.2) is 0 Å². The molecule has 0 aliphatic carbocycles. The van der Waals surface area contributed by atoms with Crippen molar-refractivity contribution in [2.75, 3.05) is 13.2 Å². The van der Waals surface area contributed by atoms with Crippen LogP contribution in [0.4, 0.5) is 0 Å². The maximum absolute atomic E-state index is 12.5. The van der Waals surface area contributed by atoms with Crippen LogP contribution in [0.2, 0.25) is 0 Å². The third-order valence-electron chi connectivity index (χ3n) is 5.21. The maximum atomic E-state index is 12.5. The quantitative estimate of drug-likeness (QED) is 0.721. The molecule has 3 rings (SSSR count). The number of amides is 1. The van der Waals surface area contributed by atoms with Crippen molar-refractivity contribution in [2.24, 2.45) is 5.73 Å². The zero-order valence-electron chi connectivity index (χ0n) is 17.1. The van der Waals surface area contributed by atoms with Crippen molar-refractivity contribution in [1.82, 2.24) is 5.32 Å². The van der Waals surface area contributed by atoms with Crippen LogP contribution in [0.15, 0.2) is 48.5 Å². The lowest BCUT2D eigenvalue weighted by atomic mass is 9.90. The molecule has 1 aliphatic heterocycles. The molecule has 2 aromatic rings. The smallest absolute Gasteiger partial charge is 0.240 e. The van der Waals surface area contributed by atoms with Crippen molar-refractivity contribution in [3.63, 3.8) is 0 Å². The van der Waals surface area contributed by atoms with Gasteiger partial charge < -0.3 is 20.5 Å². The Morgan fingerprint density at radius 2 is 1.69 bits per heavy atom. The average Bonchev–Trinajstić information content (AvgIpc) is 2.69. The molecule has 0 aromatic heterocycles. The van der Waals surface area contributed by atoms with Crippen LogP contribution in [0.3, 0.4) is 0 Å². The number of nitrogens with two attached hydrogens (primary N) is 1. The zero-order valence-corrected chi connectivity index (χ0v) is 18.0. The largest absolute Gasteiger partial charge is 0.489 e. The molecule has 5 nitrogen and oxygen atoms in total. The van der Waals surface area contributed by atoms with E-state index in [0.29, 0.717) is 32.7 Å². The molecule has 0 spiro atoms. The van der Waals surface area contributed by atoms with E-state index in [0.717, 1.165) is 23.3 Å². The highest BCUT2D eigenvalue weighted by molar-refractivity contribution is 5.86.